The zero-order valence-electron chi connectivity index (χ0n) is 10.5. The number of rotatable bonds is 3. The molecule has 1 saturated heterocycles. The third-order valence-corrected chi connectivity index (χ3v) is 4.47. The third-order valence-electron chi connectivity index (χ3n) is 2.99. The van der Waals surface area contributed by atoms with Crippen molar-refractivity contribution >= 4 is 29.3 Å². The summed E-state index contributed by atoms with van der Waals surface area (Å²) in [6.45, 7) is 2.01. The Bertz CT molecular complexity index is 425. The highest BCUT2D eigenvalue weighted by atomic mass is 35.5. The van der Waals surface area contributed by atoms with Gasteiger partial charge >= 0.3 is 0 Å². The van der Waals surface area contributed by atoms with E-state index in [0.29, 0.717) is 16.9 Å². The summed E-state index contributed by atoms with van der Waals surface area (Å²) in [5, 5.41) is 2.01. The molecule has 3 N–H and O–H groups in total. The molecule has 4 nitrogen and oxygen atoms in total. The number of amides is 1. The lowest BCUT2D eigenvalue weighted by molar-refractivity contribution is -0.357. The van der Waals surface area contributed by atoms with Crippen molar-refractivity contribution in [2.24, 2.45) is 0 Å². The van der Waals surface area contributed by atoms with E-state index in [0.717, 1.165) is 31.0 Å². The van der Waals surface area contributed by atoms with Crippen LogP contribution in [-0.2, 0) is 4.79 Å². The monoisotopic (exact) mass is 321 g/mol. The maximum Gasteiger partial charge on any atom is 0.277 e. The topological polar surface area (TPSA) is 60.8 Å². The Morgan fingerprint density at radius 1 is 1.47 bits per heavy atom. The second-order valence-electron chi connectivity index (χ2n) is 4.25. The van der Waals surface area contributed by atoms with Crippen molar-refractivity contribution in [2.45, 2.75) is 23.1 Å². The van der Waals surface area contributed by atoms with Crippen LogP contribution in [0.15, 0.2) is 23.2 Å². The molecule has 2 heterocycles. The number of likely N-dealkylation sites (tertiary alicyclic amines) is 1. The number of carbonyl (C=O) groups excluding carboxylic acids is 1. The Kier molecular flexibility index (Phi) is 6.93. The van der Waals surface area contributed by atoms with Gasteiger partial charge in [0, 0.05) is 18.3 Å². The summed E-state index contributed by atoms with van der Waals surface area (Å²) in [5.74, 6) is 0.152. The maximum atomic E-state index is 11.5. The van der Waals surface area contributed by atoms with E-state index in [-0.39, 0.29) is 18.3 Å². The van der Waals surface area contributed by atoms with Crippen LogP contribution in [0.25, 0.3) is 0 Å². The molecule has 0 atom stereocenters. The third kappa shape index (κ3) is 4.84. The molecule has 0 spiro atoms. The molecule has 0 radical (unpaired) electrons. The van der Waals surface area contributed by atoms with E-state index in [9.17, 15) is 4.79 Å². The van der Waals surface area contributed by atoms with E-state index in [1.54, 1.807) is 17.8 Å². The Morgan fingerprint density at radius 3 is 2.74 bits per heavy atom. The molecule has 0 aliphatic carbocycles. The van der Waals surface area contributed by atoms with Gasteiger partial charge in [0.15, 0.2) is 6.54 Å². The first kappa shape index (κ1) is 16.6. The van der Waals surface area contributed by atoms with Gasteiger partial charge < -0.3 is 23.0 Å². The van der Waals surface area contributed by atoms with Gasteiger partial charge in [-0.3, -0.25) is 4.79 Å². The summed E-state index contributed by atoms with van der Waals surface area (Å²) in [5.41, 5.74) is 3.64. The van der Waals surface area contributed by atoms with Crippen molar-refractivity contribution < 1.29 is 22.9 Å². The van der Waals surface area contributed by atoms with E-state index in [2.05, 4.69) is 10.7 Å². The Morgan fingerprint density at radius 2 is 2.16 bits per heavy atom. The van der Waals surface area contributed by atoms with Crippen LogP contribution in [0.1, 0.15) is 12.8 Å². The smallest absolute Gasteiger partial charge is 0.277 e. The average Bonchev–Trinajstić information content (AvgIpc) is 2.39. The molecule has 1 aliphatic heterocycles. The number of pyridine rings is 1. The van der Waals surface area contributed by atoms with Crippen LogP contribution in [0.2, 0.25) is 5.15 Å². The van der Waals surface area contributed by atoms with Crippen LogP contribution >= 0.6 is 23.4 Å². The van der Waals surface area contributed by atoms with Crippen LogP contribution in [0, 0.1) is 0 Å². The predicted molar refractivity (Wildman–Crippen MR) is 72.5 cm³/mol. The first-order chi connectivity index (χ1) is 8.69. The number of hydrogen-bond donors (Lipinski definition) is 1. The minimum absolute atomic E-state index is 0. The van der Waals surface area contributed by atoms with Crippen LogP contribution < -0.4 is 18.1 Å². The van der Waals surface area contributed by atoms with Gasteiger partial charge in [-0.15, -0.1) is 11.8 Å². The van der Waals surface area contributed by atoms with E-state index in [1.807, 2.05) is 17.0 Å². The molecule has 106 valence electrons. The molecule has 1 aromatic rings. The van der Waals surface area contributed by atoms with Crippen molar-refractivity contribution in [1.29, 1.82) is 0 Å². The van der Waals surface area contributed by atoms with Gasteiger partial charge in [0.25, 0.3) is 5.91 Å². The molecule has 1 aliphatic rings. The van der Waals surface area contributed by atoms with Crippen LogP contribution in [0.5, 0.6) is 0 Å². The average molecular weight is 322 g/mol. The fourth-order valence-electron chi connectivity index (χ4n) is 2.01. The van der Waals surface area contributed by atoms with Crippen molar-refractivity contribution in [1.82, 2.24) is 9.88 Å². The lowest BCUT2D eigenvalue weighted by Crippen LogP contribution is -3.00. The standard InChI is InChI=1S/C12H16ClN3OS.ClH/c13-10-2-1-3-11(15-10)18-9-4-6-16(7-5-9)12(17)8-14;/h1-3,9H,4-8,14H2;1H. The number of halogens is 2. The number of aromatic nitrogens is 1. The van der Waals surface area contributed by atoms with Gasteiger partial charge in [-0.2, -0.15) is 0 Å². The molecule has 7 heteroatoms. The fourth-order valence-corrected chi connectivity index (χ4v) is 3.32. The van der Waals surface area contributed by atoms with E-state index in [1.165, 1.54) is 0 Å². The number of carbonyl (C=O) groups is 1. The first-order valence-corrected chi connectivity index (χ1v) is 7.31. The Balaban J connectivity index is 0.00000180. The van der Waals surface area contributed by atoms with Crippen molar-refractivity contribution in [3.63, 3.8) is 0 Å². The Labute approximate surface area is 128 Å². The number of hydrogen-bond acceptors (Lipinski definition) is 3. The zero-order valence-corrected chi connectivity index (χ0v) is 12.8. The molecule has 1 aromatic heterocycles. The summed E-state index contributed by atoms with van der Waals surface area (Å²) >= 11 is 7.61. The van der Waals surface area contributed by atoms with Crippen molar-refractivity contribution in [3.05, 3.63) is 23.4 Å². The molecular formula is C12H17Cl2N3OS. The van der Waals surface area contributed by atoms with Gasteiger partial charge in [-0.05, 0) is 25.0 Å². The summed E-state index contributed by atoms with van der Waals surface area (Å²) in [4.78, 5) is 17.7. The molecule has 0 bridgehead atoms. The van der Waals surface area contributed by atoms with Crippen LogP contribution in [-0.4, -0.2) is 40.7 Å². The molecule has 0 aromatic carbocycles. The lowest BCUT2D eigenvalue weighted by atomic mass is 10.1. The van der Waals surface area contributed by atoms with Gasteiger partial charge in [-0.25, -0.2) is 4.98 Å². The summed E-state index contributed by atoms with van der Waals surface area (Å²) < 4.78 is 0. The van der Waals surface area contributed by atoms with E-state index in [4.69, 9.17) is 11.6 Å². The van der Waals surface area contributed by atoms with Gasteiger partial charge in [0.05, 0.1) is 5.03 Å². The zero-order chi connectivity index (χ0) is 13.0. The molecular weight excluding hydrogens is 305 g/mol. The Hall–Kier alpha value is -0.490. The van der Waals surface area contributed by atoms with Gasteiger partial charge in [-0.1, -0.05) is 17.7 Å². The van der Waals surface area contributed by atoms with Gasteiger partial charge in [0.2, 0.25) is 0 Å². The predicted octanol–water partition coefficient (Wildman–Crippen LogP) is -1.94. The highest BCUT2D eigenvalue weighted by molar-refractivity contribution is 7.99. The molecule has 0 unspecified atom stereocenters. The second kappa shape index (κ2) is 7.94. The van der Waals surface area contributed by atoms with Gasteiger partial charge in [0.1, 0.15) is 5.15 Å². The maximum absolute atomic E-state index is 11.5. The highest BCUT2D eigenvalue weighted by Gasteiger charge is 2.23. The number of thioether (sulfide) groups is 1. The molecule has 2 rings (SSSR count). The quantitative estimate of drug-likeness (QED) is 0.659. The SMILES string of the molecule is [Cl-].[NH3+]CC(=O)N1CCC(Sc2cccc(Cl)n2)CC1. The largest absolute Gasteiger partial charge is 1.00 e. The molecule has 1 fully saturated rings. The second-order valence-corrected chi connectivity index (χ2v) is 5.95. The minimum Gasteiger partial charge on any atom is -1.00 e. The van der Waals surface area contributed by atoms with E-state index >= 15 is 0 Å². The van der Waals surface area contributed by atoms with Crippen molar-refractivity contribution in [3.8, 4) is 0 Å². The lowest BCUT2D eigenvalue weighted by Gasteiger charge is -2.30. The first-order valence-electron chi connectivity index (χ1n) is 6.05. The number of nitrogens with zero attached hydrogens (tertiary/aromatic N) is 2. The summed E-state index contributed by atoms with van der Waals surface area (Å²) in [7, 11) is 0. The minimum atomic E-state index is 0. The molecule has 19 heavy (non-hydrogen) atoms. The molecule has 0 saturated carbocycles. The van der Waals surface area contributed by atoms with Crippen LogP contribution in [0.3, 0.4) is 0 Å². The van der Waals surface area contributed by atoms with Crippen LogP contribution in [0.4, 0.5) is 0 Å². The normalized spacial score (nSPS) is 16.0. The fraction of sp³-hybridized carbons (Fsp3) is 0.500. The van der Waals surface area contributed by atoms with Crippen molar-refractivity contribution in [2.75, 3.05) is 19.6 Å². The summed E-state index contributed by atoms with van der Waals surface area (Å²) in [6.07, 6.45) is 2.01. The number of quaternary nitrogens is 1. The van der Waals surface area contributed by atoms with E-state index < -0.39 is 0 Å². The summed E-state index contributed by atoms with van der Waals surface area (Å²) in [6, 6.07) is 5.67. The highest BCUT2D eigenvalue weighted by Crippen LogP contribution is 2.29. The molecule has 1 amide bonds. The number of piperidine rings is 1.